The number of anilines is 2. The van der Waals surface area contributed by atoms with Gasteiger partial charge in [-0.05, 0) is 63.4 Å². The lowest BCUT2D eigenvalue weighted by Crippen LogP contribution is -2.45. The summed E-state index contributed by atoms with van der Waals surface area (Å²) in [6.45, 7) is 7.45. The molecule has 2 atom stereocenters. The van der Waals surface area contributed by atoms with E-state index < -0.39 is 0 Å². The number of ether oxygens (including phenoxy) is 2. The highest BCUT2D eigenvalue weighted by Gasteiger charge is 2.27. The Balaban J connectivity index is 1.64. The number of morpholine rings is 1. The van der Waals surface area contributed by atoms with Crippen LogP contribution in [0, 0.1) is 0 Å². The first kappa shape index (κ1) is 22.8. The van der Waals surface area contributed by atoms with Crippen LogP contribution in [0.3, 0.4) is 0 Å². The quantitative estimate of drug-likeness (QED) is 0.612. The van der Waals surface area contributed by atoms with Crippen molar-refractivity contribution in [1.29, 1.82) is 0 Å². The zero-order chi connectivity index (χ0) is 23.7. The van der Waals surface area contributed by atoms with E-state index in [1.807, 2.05) is 24.3 Å². The van der Waals surface area contributed by atoms with Crippen molar-refractivity contribution in [2.24, 2.45) is 0 Å². The lowest BCUT2D eigenvalue weighted by atomic mass is 10.0. The summed E-state index contributed by atoms with van der Waals surface area (Å²) in [6.07, 6.45) is 3.54. The molecule has 2 aromatic heterocycles. The summed E-state index contributed by atoms with van der Waals surface area (Å²) in [5, 5.41) is 10.7. The van der Waals surface area contributed by atoms with E-state index >= 15 is 0 Å². The molecule has 2 saturated heterocycles. The van der Waals surface area contributed by atoms with Crippen molar-refractivity contribution in [2.75, 3.05) is 43.2 Å². The largest absolute Gasteiger partial charge is 0.496 e. The maximum atomic E-state index is 9.76. The van der Waals surface area contributed by atoms with E-state index in [-0.39, 0.29) is 12.6 Å². The first-order valence-electron chi connectivity index (χ1n) is 12.2. The molecule has 2 fully saturated rings. The van der Waals surface area contributed by atoms with Gasteiger partial charge in [-0.1, -0.05) is 0 Å². The Morgan fingerprint density at radius 3 is 2.68 bits per heavy atom. The molecule has 180 valence electrons. The first-order valence-corrected chi connectivity index (χ1v) is 12.2. The van der Waals surface area contributed by atoms with Crippen LogP contribution >= 0.6 is 0 Å². The van der Waals surface area contributed by atoms with Gasteiger partial charge in [0.2, 0.25) is 5.95 Å². The molecule has 1 aromatic carbocycles. The molecule has 0 radical (unpaired) electrons. The van der Waals surface area contributed by atoms with Crippen molar-refractivity contribution in [1.82, 2.24) is 15.0 Å². The maximum Gasteiger partial charge on any atom is 0.229 e. The van der Waals surface area contributed by atoms with Gasteiger partial charge in [0, 0.05) is 30.3 Å². The van der Waals surface area contributed by atoms with E-state index in [1.54, 1.807) is 7.11 Å². The number of hydrogen-bond acceptors (Lipinski definition) is 8. The molecule has 0 amide bonds. The van der Waals surface area contributed by atoms with Gasteiger partial charge < -0.3 is 24.4 Å². The van der Waals surface area contributed by atoms with E-state index in [4.69, 9.17) is 24.4 Å². The van der Waals surface area contributed by atoms with Crippen LogP contribution in [-0.2, 0) is 11.3 Å². The normalized spacial score (nSPS) is 21.2. The van der Waals surface area contributed by atoms with Gasteiger partial charge in [-0.2, -0.15) is 9.97 Å². The Hall–Kier alpha value is -2.97. The van der Waals surface area contributed by atoms with Crippen molar-refractivity contribution < 1.29 is 14.6 Å². The van der Waals surface area contributed by atoms with Crippen molar-refractivity contribution in [3.05, 3.63) is 35.9 Å². The summed E-state index contributed by atoms with van der Waals surface area (Å²) >= 11 is 0. The molecule has 0 bridgehead atoms. The number of aromatic nitrogens is 3. The van der Waals surface area contributed by atoms with Gasteiger partial charge in [0.1, 0.15) is 11.6 Å². The van der Waals surface area contributed by atoms with Crippen molar-refractivity contribution >= 4 is 22.8 Å². The minimum absolute atomic E-state index is 0.0944. The van der Waals surface area contributed by atoms with Crippen LogP contribution in [-0.4, -0.2) is 65.6 Å². The van der Waals surface area contributed by atoms with Gasteiger partial charge in [-0.3, -0.25) is 0 Å². The highest BCUT2D eigenvalue weighted by molar-refractivity contribution is 5.90. The Morgan fingerprint density at radius 1 is 1.03 bits per heavy atom. The molecule has 8 heteroatoms. The zero-order valence-electron chi connectivity index (χ0n) is 20.2. The Kier molecular flexibility index (Phi) is 6.52. The molecule has 4 heterocycles. The topological polar surface area (TPSA) is 83.8 Å². The predicted octanol–water partition coefficient (Wildman–Crippen LogP) is 3.80. The molecular formula is C26H33N5O3. The SMILES string of the molecule is COc1ccc(-c2ccc3c(N4CCOCC4C)nc(N4CCCCC4C)nc3n2)cc1CO. The van der Waals surface area contributed by atoms with Crippen molar-refractivity contribution in [3.8, 4) is 17.0 Å². The van der Waals surface area contributed by atoms with E-state index in [0.717, 1.165) is 59.9 Å². The van der Waals surface area contributed by atoms with Crippen LogP contribution in [0.1, 0.15) is 38.7 Å². The van der Waals surface area contributed by atoms with Crippen LogP contribution in [0.25, 0.3) is 22.3 Å². The highest BCUT2D eigenvalue weighted by atomic mass is 16.5. The smallest absolute Gasteiger partial charge is 0.229 e. The molecular weight excluding hydrogens is 430 g/mol. The van der Waals surface area contributed by atoms with Gasteiger partial charge in [0.25, 0.3) is 0 Å². The zero-order valence-corrected chi connectivity index (χ0v) is 20.2. The fraction of sp³-hybridized carbons (Fsp3) is 0.500. The van der Waals surface area contributed by atoms with Gasteiger partial charge in [-0.25, -0.2) is 4.98 Å². The molecule has 0 saturated carbocycles. The van der Waals surface area contributed by atoms with Gasteiger partial charge in [0.15, 0.2) is 5.65 Å². The van der Waals surface area contributed by atoms with Crippen LogP contribution in [0.5, 0.6) is 5.75 Å². The number of hydrogen-bond donors (Lipinski definition) is 1. The summed E-state index contributed by atoms with van der Waals surface area (Å²) in [5.41, 5.74) is 3.15. The highest BCUT2D eigenvalue weighted by Crippen LogP contribution is 2.33. The van der Waals surface area contributed by atoms with Crippen LogP contribution in [0.4, 0.5) is 11.8 Å². The predicted molar refractivity (Wildman–Crippen MR) is 134 cm³/mol. The minimum atomic E-state index is -0.0944. The Bertz CT molecular complexity index is 1170. The van der Waals surface area contributed by atoms with Gasteiger partial charge in [0.05, 0.1) is 44.1 Å². The van der Waals surface area contributed by atoms with Crippen LogP contribution in [0.15, 0.2) is 30.3 Å². The van der Waals surface area contributed by atoms with Crippen LogP contribution < -0.4 is 14.5 Å². The molecule has 8 nitrogen and oxygen atoms in total. The summed E-state index contributed by atoms with van der Waals surface area (Å²) in [5.74, 6) is 2.35. The second kappa shape index (κ2) is 9.72. The molecule has 2 unspecified atom stereocenters. The van der Waals surface area contributed by atoms with E-state index in [9.17, 15) is 5.11 Å². The molecule has 1 N–H and O–H groups in total. The fourth-order valence-corrected chi connectivity index (χ4v) is 4.99. The monoisotopic (exact) mass is 463 g/mol. The standard InChI is InChI=1S/C26H33N5O3/c1-17-6-4-5-11-31(17)26-28-24-21(25(29-26)30-12-13-34-16-18(30)2)8-9-22(27-24)19-7-10-23(33-3)20(14-19)15-32/h7-10,14,17-18,32H,4-6,11-13,15-16H2,1-3H3. The number of pyridine rings is 1. The van der Waals surface area contributed by atoms with Crippen LogP contribution in [0.2, 0.25) is 0 Å². The van der Waals surface area contributed by atoms with Gasteiger partial charge in [-0.15, -0.1) is 0 Å². The molecule has 2 aliphatic heterocycles. The molecule has 0 aliphatic carbocycles. The van der Waals surface area contributed by atoms with E-state index in [2.05, 4.69) is 29.7 Å². The lowest BCUT2D eigenvalue weighted by Gasteiger charge is -2.37. The average molecular weight is 464 g/mol. The maximum absolute atomic E-state index is 9.76. The number of aliphatic hydroxyl groups is 1. The van der Waals surface area contributed by atoms with E-state index in [1.165, 1.54) is 6.42 Å². The number of piperidine rings is 1. The average Bonchev–Trinajstić information content (AvgIpc) is 2.88. The molecule has 0 spiro atoms. The minimum Gasteiger partial charge on any atom is -0.496 e. The summed E-state index contributed by atoms with van der Waals surface area (Å²) in [4.78, 5) is 19.7. The number of aliphatic hydroxyl groups excluding tert-OH is 1. The van der Waals surface area contributed by atoms with Crippen molar-refractivity contribution in [2.45, 2.75) is 51.8 Å². The second-order valence-electron chi connectivity index (χ2n) is 9.26. The number of rotatable bonds is 5. The molecule has 34 heavy (non-hydrogen) atoms. The third-order valence-electron chi connectivity index (χ3n) is 6.97. The summed E-state index contributed by atoms with van der Waals surface area (Å²) in [6, 6.07) is 10.5. The number of benzene rings is 1. The fourth-order valence-electron chi connectivity index (χ4n) is 4.99. The molecule has 3 aromatic rings. The Labute approximate surface area is 200 Å². The molecule has 5 rings (SSSR count). The lowest BCUT2D eigenvalue weighted by molar-refractivity contribution is 0.0987. The first-order chi connectivity index (χ1) is 16.6. The third kappa shape index (κ3) is 4.28. The molecule has 2 aliphatic rings. The summed E-state index contributed by atoms with van der Waals surface area (Å²) < 4.78 is 11.0. The number of methoxy groups -OCH3 is 1. The second-order valence-corrected chi connectivity index (χ2v) is 9.26. The Morgan fingerprint density at radius 2 is 1.91 bits per heavy atom. The number of fused-ring (bicyclic) bond motifs is 1. The van der Waals surface area contributed by atoms with Crippen molar-refractivity contribution in [3.63, 3.8) is 0 Å². The summed E-state index contributed by atoms with van der Waals surface area (Å²) in [7, 11) is 1.61. The van der Waals surface area contributed by atoms with E-state index in [0.29, 0.717) is 30.7 Å². The number of nitrogens with zero attached hydrogens (tertiary/aromatic N) is 5. The van der Waals surface area contributed by atoms with Gasteiger partial charge >= 0.3 is 0 Å². The third-order valence-corrected chi connectivity index (χ3v) is 6.97.